The smallest absolute Gasteiger partial charge is 0.0469 e. The molecule has 0 radical (unpaired) electrons. The molecule has 228 valence electrons. The zero-order valence-corrected chi connectivity index (χ0v) is 29.2. The van der Waals surface area contributed by atoms with Gasteiger partial charge < -0.3 is 10.6 Å². The van der Waals surface area contributed by atoms with E-state index in [9.17, 15) is 0 Å². The fourth-order valence-corrected chi connectivity index (χ4v) is 11.6. The minimum absolute atomic E-state index is 0.906. The normalized spacial score (nSPS) is 15.5. The van der Waals surface area contributed by atoms with Crippen LogP contribution >= 0.6 is 15.8 Å². The average Bonchev–Trinajstić information content (AvgIpc) is 3.03. The summed E-state index contributed by atoms with van der Waals surface area (Å²) >= 11 is 0. The van der Waals surface area contributed by atoms with E-state index in [1.54, 1.807) is 0 Å². The third-order valence-corrected chi connectivity index (χ3v) is 13.7. The van der Waals surface area contributed by atoms with Gasteiger partial charge in [-0.3, -0.25) is 0 Å². The lowest BCUT2D eigenvalue weighted by Crippen LogP contribution is -2.29. The van der Waals surface area contributed by atoms with Gasteiger partial charge in [-0.1, -0.05) is 106 Å². The van der Waals surface area contributed by atoms with Gasteiger partial charge in [-0.15, -0.1) is 0 Å². The standard InChI is InChI=1S/C42H40N2P2/c1-27-7-15-33(16-8-27)45-39-23-29(3)11-19-35(39)43-37-21-13-31(5)25-41(37)46(34-17-9-28(2)10-18-34)42-26-32(6)14-22-38(42)44-36-20-12-30(4)24-40(36)45/h7-26,43-44H,1-6H3. The maximum Gasteiger partial charge on any atom is 0.0469 e. The van der Waals surface area contributed by atoms with Crippen LogP contribution in [0.3, 0.4) is 0 Å². The Morgan fingerprint density at radius 2 is 0.543 bits per heavy atom. The van der Waals surface area contributed by atoms with E-state index in [0.29, 0.717) is 0 Å². The predicted octanol–water partition coefficient (Wildman–Crippen LogP) is 8.85. The van der Waals surface area contributed by atoms with Gasteiger partial charge in [0.25, 0.3) is 0 Å². The summed E-state index contributed by atoms with van der Waals surface area (Å²) in [5.41, 5.74) is 12.3. The van der Waals surface area contributed by atoms with Crippen LogP contribution in [-0.2, 0) is 0 Å². The minimum atomic E-state index is -0.906. The summed E-state index contributed by atoms with van der Waals surface area (Å²) in [6.45, 7) is 13.2. The van der Waals surface area contributed by atoms with Crippen molar-refractivity contribution in [1.82, 2.24) is 0 Å². The Balaban J connectivity index is 1.58. The number of rotatable bonds is 2. The highest BCUT2D eigenvalue weighted by atomic mass is 31.1. The zero-order valence-electron chi connectivity index (χ0n) is 27.4. The molecule has 0 fully saturated rings. The fourth-order valence-electron chi connectivity index (χ4n) is 6.22. The van der Waals surface area contributed by atoms with Gasteiger partial charge in [0.1, 0.15) is 0 Å². The molecule has 0 aliphatic carbocycles. The number of aryl methyl sites for hydroxylation is 6. The van der Waals surface area contributed by atoms with Crippen LogP contribution in [0.2, 0.25) is 0 Å². The third-order valence-electron chi connectivity index (χ3n) is 8.70. The first-order chi connectivity index (χ1) is 22.2. The van der Waals surface area contributed by atoms with Gasteiger partial charge in [0.15, 0.2) is 0 Å². The molecule has 0 aromatic heterocycles. The number of hydrogen-bond donors (Lipinski definition) is 2. The summed E-state index contributed by atoms with van der Waals surface area (Å²) in [6, 6.07) is 46.1. The van der Waals surface area contributed by atoms with E-state index in [-0.39, 0.29) is 0 Å². The van der Waals surface area contributed by atoms with E-state index in [2.05, 4.69) is 174 Å². The molecule has 0 amide bonds. The highest BCUT2D eigenvalue weighted by molar-refractivity contribution is 7.81. The molecule has 0 spiro atoms. The third kappa shape index (κ3) is 6.01. The van der Waals surface area contributed by atoms with Crippen molar-refractivity contribution in [2.75, 3.05) is 10.6 Å². The Morgan fingerprint density at radius 3 is 0.804 bits per heavy atom. The van der Waals surface area contributed by atoms with Crippen molar-refractivity contribution in [3.63, 3.8) is 0 Å². The molecule has 1 aliphatic rings. The molecule has 0 saturated heterocycles. The van der Waals surface area contributed by atoms with Crippen LogP contribution in [0.5, 0.6) is 0 Å². The van der Waals surface area contributed by atoms with Crippen LogP contribution < -0.4 is 42.5 Å². The van der Waals surface area contributed by atoms with Gasteiger partial charge in [0, 0.05) is 44.0 Å². The molecule has 0 atom stereocenters. The Kier molecular flexibility index (Phi) is 8.29. The predicted molar refractivity (Wildman–Crippen MR) is 205 cm³/mol. The number of fused-ring (bicyclic) bond motifs is 4. The van der Waals surface area contributed by atoms with Crippen LogP contribution in [0.4, 0.5) is 22.7 Å². The monoisotopic (exact) mass is 634 g/mol. The lowest BCUT2D eigenvalue weighted by atomic mass is 10.2. The topological polar surface area (TPSA) is 24.1 Å². The molecule has 1 aliphatic heterocycles. The molecular weight excluding hydrogens is 594 g/mol. The van der Waals surface area contributed by atoms with Crippen LogP contribution in [-0.4, -0.2) is 0 Å². The van der Waals surface area contributed by atoms with Crippen molar-refractivity contribution < 1.29 is 0 Å². The van der Waals surface area contributed by atoms with Crippen molar-refractivity contribution >= 4 is 70.4 Å². The Labute approximate surface area is 276 Å². The molecule has 4 heteroatoms. The van der Waals surface area contributed by atoms with Gasteiger partial charge in [-0.25, -0.2) is 0 Å². The number of benzene rings is 6. The Hall–Kier alpha value is -4.22. The molecule has 2 N–H and O–H groups in total. The molecule has 46 heavy (non-hydrogen) atoms. The number of nitrogens with one attached hydrogen (secondary N) is 2. The molecule has 2 nitrogen and oxygen atoms in total. The first kappa shape index (κ1) is 30.4. The molecule has 6 aromatic carbocycles. The second kappa shape index (κ2) is 12.5. The van der Waals surface area contributed by atoms with Crippen molar-refractivity contribution in [2.24, 2.45) is 0 Å². The zero-order chi connectivity index (χ0) is 31.9. The molecule has 0 bridgehead atoms. The molecule has 0 unspecified atom stereocenters. The van der Waals surface area contributed by atoms with Gasteiger partial charge in [0.2, 0.25) is 0 Å². The maximum atomic E-state index is 4.04. The van der Waals surface area contributed by atoms with Crippen LogP contribution in [0, 0.1) is 41.5 Å². The van der Waals surface area contributed by atoms with Crippen LogP contribution in [0.1, 0.15) is 33.4 Å². The van der Waals surface area contributed by atoms with Crippen molar-refractivity contribution in [2.45, 2.75) is 41.5 Å². The summed E-state index contributed by atoms with van der Waals surface area (Å²) in [5.74, 6) is 0. The Bertz CT molecular complexity index is 1810. The molecule has 1 heterocycles. The maximum absolute atomic E-state index is 4.04. The minimum Gasteiger partial charge on any atom is -0.354 e. The second-order valence-electron chi connectivity index (χ2n) is 12.7. The Morgan fingerprint density at radius 1 is 0.304 bits per heavy atom. The van der Waals surface area contributed by atoms with E-state index in [1.165, 1.54) is 88.0 Å². The fraction of sp³-hybridized carbons (Fsp3) is 0.143. The summed E-state index contributed by atoms with van der Waals surface area (Å²) in [4.78, 5) is 0. The number of anilines is 4. The highest BCUT2D eigenvalue weighted by Crippen LogP contribution is 2.44. The average molecular weight is 635 g/mol. The summed E-state index contributed by atoms with van der Waals surface area (Å²) in [6.07, 6.45) is 0. The van der Waals surface area contributed by atoms with Crippen LogP contribution in [0.15, 0.2) is 121 Å². The summed E-state index contributed by atoms with van der Waals surface area (Å²) in [7, 11) is -1.81. The first-order valence-corrected chi connectivity index (χ1v) is 18.6. The van der Waals surface area contributed by atoms with E-state index >= 15 is 0 Å². The second-order valence-corrected chi connectivity index (χ2v) is 17.0. The van der Waals surface area contributed by atoms with Crippen molar-refractivity contribution in [3.05, 3.63) is 155 Å². The van der Waals surface area contributed by atoms with E-state index in [1.807, 2.05) is 0 Å². The molecule has 0 saturated carbocycles. The summed E-state index contributed by atoms with van der Waals surface area (Å²) < 4.78 is 0. The largest absolute Gasteiger partial charge is 0.354 e. The summed E-state index contributed by atoms with van der Waals surface area (Å²) in [5, 5.41) is 16.1. The number of hydrogen-bond acceptors (Lipinski definition) is 2. The van der Waals surface area contributed by atoms with E-state index < -0.39 is 15.8 Å². The quantitative estimate of drug-likeness (QED) is 0.186. The first-order valence-electron chi connectivity index (χ1n) is 15.9. The van der Waals surface area contributed by atoms with E-state index in [0.717, 1.165) is 0 Å². The molecular formula is C42H40N2P2. The van der Waals surface area contributed by atoms with Gasteiger partial charge in [-0.05, 0) is 117 Å². The van der Waals surface area contributed by atoms with Crippen molar-refractivity contribution in [3.8, 4) is 0 Å². The van der Waals surface area contributed by atoms with Gasteiger partial charge in [-0.2, -0.15) is 0 Å². The van der Waals surface area contributed by atoms with Gasteiger partial charge >= 0.3 is 0 Å². The SMILES string of the molecule is Cc1ccc(P2c3cc(C)ccc3Nc3ccc(C)cc3P(c3ccc(C)cc3)c3cc(C)ccc3Nc3ccc(C)cc32)cc1. The molecule has 6 aromatic rings. The van der Waals surface area contributed by atoms with Crippen molar-refractivity contribution in [1.29, 1.82) is 0 Å². The van der Waals surface area contributed by atoms with E-state index in [4.69, 9.17) is 0 Å². The van der Waals surface area contributed by atoms with Gasteiger partial charge in [0.05, 0.1) is 0 Å². The lowest BCUT2D eigenvalue weighted by molar-refractivity contribution is 1.45. The lowest BCUT2D eigenvalue weighted by Gasteiger charge is -2.30. The highest BCUT2D eigenvalue weighted by Gasteiger charge is 2.28. The molecule has 7 rings (SSSR count). The van der Waals surface area contributed by atoms with Crippen LogP contribution in [0.25, 0.3) is 0 Å².